The zero-order valence-corrected chi connectivity index (χ0v) is 10.9. The lowest BCUT2D eigenvalue weighted by Gasteiger charge is -2.24. The molecule has 1 saturated heterocycles. The number of halogens is 1. The third-order valence-electron chi connectivity index (χ3n) is 3.07. The summed E-state index contributed by atoms with van der Waals surface area (Å²) in [7, 11) is 0. The van der Waals surface area contributed by atoms with Crippen LogP contribution in [0.25, 0.3) is 0 Å². The SMILES string of the molecule is CC1CCC(CNCC(C)(C)CCCl)O1. The lowest BCUT2D eigenvalue weighted by Crippen LogP contribution is -2.35. The molecule has 0 amide bonds. The molecule has 0 aliphatic carbocycles. The summed E-state index contributed by atoms with van der Waals surface area (Å²) in [4.78, 5) is 0. The topological polar surface area (TPSA) is 21.3 Å². The Bertz CT molecular complexity index is 184. The summed E-state index contributed by atoms with van der Waals surface area (Å²) in [6.07, 6.45) is 4.34. The van der Waals surface area contributed by atoms with Crippen molar-refractivity contribution in [3.05, 3.63) is 0 Å². The Morgan fingerprint density at radius 2 is 2.13 bits per heavy atom. The molecule has 2 nitrogen and oxygen atoms in total. The van der Waals surface area contributed by atoms with E-state index in [0.717, 1.165) is 25.4 Å². The summed E-state index contributed by atoms with van der Waals surface area (Å²) in [6, 6.07) is 0. The van der Waals surface area contributed by atoms with E-state index in [-0.39, 0.29) is 0 Å². The van der Waals surface area contributed by atoms with Crippen molar-refractivity contribution in [1.82, 2.24) is 5.32 Å². The standard InChI is InChI=1S/C12H24ClNO/c1-10-4-5-11(15-10)8-14-9-12(2,3)6-7-13/h10-11,14H,4-9H2,1-3H3. The molecule has 0 aromatic carbocycles. The van der Waals surface area contributed by atoms with Crippen molar-refractivity contribution >= 4 is 11.6 Å². The average Bonchev–Trinajstić information content (AvgIpc) is 2.51. The van der Waals surface area contributed by atoms with Gasteiger partial charge in [0.15, 0.2) is 0 Å². The van der Waals surface area contributed by atoms with Gasteiger partial charge >= 0.3 is 0 Å². The quantitative estimate of drug-likeness (QED) is 0.713. The van der Waals surface area contributed by atoms with Gasteiger partial charge in [-0.25, -0.2) is 0 Å². The van der Waals surface area contributed by atoms with Gasteiger partial charge in [0.2, 0.25) is 0 Å². The molecule has 0 saturated carbocycles. The minimum atomic E-state index is 0.298. The molecule has 1 fully saturated rings. The number of ether oxygens (including phenoxy) is 1. The van der Waals surface area contributed by atoms with E-state index in [2.05, 4.69) is 26.1 Å². The van der Waals surface area contributed by atoms with Gasteiger partial charge in [-0.05, 0) is 31.6 Å². The second-order valence-corrected chi connectivity index (χ2v) is 5.76. The first-order chi connectivity index (χ1) is 7.03. The molecule has 3 heteroatoms. The van der Waals surface area contributed by atoms with Crippen molar-refractivity contribution in [3.63, 3.8) is 0 Å². The lowest BCUT2D eigenvalue weighted by molar-refractivity contribution is 0.0546. The largest absolute Gasteiger partial charge is 0.374 e. The van der Waals surface area contributed by atoms with Crippen LogP contribution < -0.4 is 5.32 Å². The Morgan fingerprint density at radius 3 is 2.67 bits per heavy atom. The Hall–Kier alpha value is 0.210. The number of rotatable bonds is 6. The molecule has 1 rings (SSSR count). The second-order valence-electron chi connectivity index (χ2n) is 5.38. The van der Waals surface area contributed by atoms with Gasteiger partial charge in [-0.15, -0.1) is 11.6 Å². The molecule has 0 bridgehead atoms. The molecule has 90 valence electrons. The fourth-order valence-corrected chi connectivity index (χ4v) is 2.46. The summed E-state index contributed by atoms with van der Waals surface area (Å²) in [5.41, 5.74) is 0.298. The van der Waals surface area contributed by atoms with Crippen LogP contribution in [0.5, 0.6) is 0 Å². The number of hydrogen-bond acceptors (Lipinski definition) is 2. The van der Waals surface area contributed by atoms with Crippen LogP contribution in [0.3, 0.4) is 0 Å². The van der Waals surface area contributed by atoms with Crippen molar-refractivity contribution in [1.29, 1.82) is 0 Å². The minimum absolute atomic E-state index is 0.298. The molecular formula is C12H24ClNO. The summed E-state index contributed by atoms with van der Waals surface area (Å²) in [5, 5.41) is 3.49. The highest BCUT2D eigenvalue weighted by molar-refractivity contribution is 6.17. The highest BCUT2D eigenvalue weighted by Crippen LogP contribution is 2.21. The summed E-state index contributed by atoms with van der Waals surface area (Å²) >= 11 is 5.76. The van der Waals surface area contributed by atoms with E-state index in [1.54, 1.807) is 0 Å². The molecule has 0 radical (unpaired) electrons. The van der Waals surface area contributed by atoms with Crippen LogP contribution in [0.1, 0.15) is 40.0 Å². The van der Waals surface area contributed by atoms with E-state index in [0.29, 0.717) is 17.6 Å². The second kappa shape index (κ2) is 6.07. The fourth-order valence-electron chi connectivity index (χ4n) is 1.95. The highest BCUT2D eigenvalue weighted by atomic mass is 35.5. The minimum Gasteiger partial charge on any atom is -0.374 e. The van der Waals surface area contributed by atoms with Crippen LogP contribution in [-0.2, 0) is 4.74 Å². The van der Waals surface area contributed by atoms with Crippen LogP contribution in [0.4, 0.5) is 0 Å². The van der Waals surface area contributed by atoms with Gasteiger partial charge in [0.1, 0.15) is 0 Å². The smallest absolute Gasteiger partial charge is 0.0704 e. The Morgan fingerprint density at radius 1 is 1.40 bits per heavy atom. The maximum atomic E-state index is 5.76. The third-order valence-corrected chi connectivity index (χ3v) is 3.26. The molecule has 1 heterocycles. The Kier molecular flexibility index (Phi) is 5.37. The molecular weight excluding hydrogens is 210 g/mol. The molecule has 2 unspecified atom stereocenters. The van der Waals surface area contributed by atoms with E-state index in [1.807, 2.05) is 0 Å². The number of nitrogens with one attached hydrogen (secondary N) is 1. The van der Waals surface area contributed by atoms with Gasteiger partial charge in [-0.3, -0.25) is 0 Å². The molecule has 0 spiro atoms. The normalized spacial score (nSPS) is 27.2. The zero-order chi connectivity index (χ0) is 11.3. The molecule has 0 aromatic heterocycles. The first-order valence-corrected chi connectivity index (χ1v) is 6.49. The van der Waals surface area contributed by atoms with Crippen molar-refractivity contribution in [2.45, 2.75) is 52.2 Å². The van der Waals surface area contributed by atoms with Crippen LogP contribution in [0, 0.1) is 5.41 Å². The van der Waals surface area contributed by atoms with Crippen molar-refractivity contribution in [2.75, 3.05) is 19.0 Å². The van der Waals surface area contributed by atoms with Crippen LogP contribution in [-0.4, -0.2) is 31.2 Å². The first-order valence-electron chi connectivity index (χ1n) is 5.95. The predicted molar refractivity (Wildman–Crippen MR) is 65.6 cm³/mol. The van der Waals surface area contributed by atoms with Gasteiger partial charge < -0.3 is 10.1 Å². The molecule has 1 aliphatic rings. The summed E-state index contributed by atoms with van der Waals surface area (Å²) in [6.45, 7) is 8.66. The highest BCUT2D eigenvalue weighted by Gasteiger charge is 2.22. The lowest BCUT2D eigenvalue weighted by atomic mass is 9.90. The van der Waals surface area contributed by atoms with Crippen molar-refractivity contribution in [2.24, 2.45) is 5.41 Å². The van der Waals surface area contributed by atoms with Crippen LogP contribution in [0.2, 0.25) is 0 Å². The van der Waals surface area contributed by atoms with Gasteiger partial charge in [0.25, 0.3) is 0 Å². The number of hydrogen-bond donors (Lipinski definition) is 1. The van der Waals surface area contributed by atoms with Crippen LogP contribution >= 0.6 is 11.6 Å². The third kappa shape index (κ3) is 5.19. The average molecular weight is 234 g/mol. The van der Waals surface area contributed by atoms with E-state index in [1.165, 1.54) is 12.8 Å². The van der Waals surface area contributed by atoms with Gasteiger partial charge in [-0.1, -0.05) is 13.8 Å². The van der Waals surface area contributed by atoms with E-state index >= 15 is 0 Å². The number of alkyl halides is 1. The zero-order valence-electron chi connectivity index (χ0n) is 10.2. The van der Waals surface area contributed by atoms with Crippen molar-refractivity contribution < 1.29 is 4.74 Å². The maximum absolute atomic E-state index is 5.76. The summed E-state index contributed by atoms with van der Waals surface area (Å²) in [5.74, 6) is 0.742. The van der Waals surface area contributed by atoms with E-state index < -0.39 is 0 Å². The first kappa shape index (κ1) is 13.3. The van der Waals surface area contributed by atoms with Gasteiger partial charge in [0, 0.05) is 19.0 Å². The monoisotopic (exact) mass is 233 g/mol. The molecule has 1 aliphatic heterocycles. The fraction of sp³-hybridized carbons (Fsp3) is 1.00. The maximum Gasteiger partial charge on any atom is 0.0704 e. The van der Waals surface area contributed by atoms with E-state index in [4.69, 9.17) is 16.3 Å². The molecule has 15 heavy (non-hydrogen) atoms. The molecule has 1 N–H and O–H groups in total. The Labute approximate surface area is 98.7 Å². The van der Waals surface area contributed by atoms with E-state index in [9.17, 15) is 0 Å². The Balaban J connectivity index is 2.10. The molecule has 0 aromatic rings. The van der Waals surface area contributed by atoms with Crippen LogP contribution in [0.15, 0.2) is 0 Å². The molecule has 2 atom stereocenters. The van der Waals surface area contributed by atoms with Crippen molar-refractivity contribution in [3.8, 4) is 0 Å². The summed E-state index contributed by atoms with van der Waals surface area (Å²) < 4.78 is 5.75. The van der Waals surface area contributed by atoms with Gasteiger partial charge in [0.05, 0.1) is 12.2 Å². The predicted octanol–water partition coefficient (Wildman–Crippen LogP) is 2.80. The van der Waals surface area contributed by atoms with Gasteiger partial charge in [-0.2, -0.15) is 0 Å².